The predicted octanol–water partition coefficient (Wildman–Crippen LogP) is 8.82. The van der Waals surface area contributed by atoms with Crippen molar-refractivity contribution >= 4 is 32.3 Å². The van der Waals surface area contributed by atoms with Crippen molar-refractivity contribution in [2.75, 3.05) is 0 Å². The summed E-state index contributed by atoms with van der Waals surface area (Å²) >= 11 is 0. The van der Waals surface area contributed by atoms with Gasteiger partial charge in [-0.15, -0.1) is 0 Å². The number of nitrogens with zero attached hydrogens (tertiary/aromatic N) is 4. The van der Waals surface area contributed by atoms with Gasteiger partial charge in [0.1, 0.15) is 35.4 Å². The van der Waals surface area contributed by atoms with Crippen LogP contribution in [0.15, 0.2) is 119 Å². The van der Waals surface area contributed by atoms with Gasteiger partial charge in [-0.25, -0.2) is 0 Å². The van der Waals surface area contributed by atoms with Crippen LogP contribution in [0.25, 0.3) is 43.4 Å². The lowest BCUT2D eigenvalue weighted by Gasteiger charge is -2.19. The van der Waals surface area contributed by atoms with E-state index in [0.29, 0.717) is 25.7 Å². The minimum Gasteiger partial charge on any atom is -0.192 e. The molecule has 0 N–H and O–H groups in total. The summed E-state index contributed by atoms with van der Waals surface area (Å²) in [6.07, 6.45) is 1.86. The Labute approximate surface area is 255 Å². The lowest BCUT2D eigenvalue weighted by atomic mass is 9.84. The average Bonchev–Trinajstić information content (AvgIpc) is 3.06. The molecule has 0 atom stereocenters. The first kappa shape index (κ1) is 26.7. The van der Waals surface area contributed by atoms with Gasteiger partial charge in [0.15, 0.2) is 0 Å². The number of allylic oxidation sites excluding steroid dienone is 4. The highest BCUT2D eigenvalue weighted by molar-refractivity contribution is 6.25. The third kappa shape index (κ3) is 4.53. The summed E-state index contributed by atoms with van der Waals surface area (Å²) in [6, 6.07) is 42.3. The fourth-order valence-corrected chi connectivity index (χ4v) is 6.70. The molecule has 6 aromatic rings. The summed E-state index contributed by atoms with van der Waals surface area (Å²) in [5, 5.41) is 46.6. The van der Waals surface area contributed by atoms with Gasteiger partial charge in [-0.1, -0.05) is 97.1 Å². The molecule has 4 nitrogen and oxygen atoms in total. The molecular weight excluding hydrogens is 536 g/mol. The van der Waals surface area contributed by atoms with E-state index in [4.69, 9.17) is 0 Å². The fourth-order valence-electron chi connectivity index (χ4n) is 6.70. The van der Waals surface area contributed by atoms with Gasteiger partial charge in [0.2, 0.25) is 0 Å². The second-order valence-electron chi connectivity index (χ2n) is 11.4. The number of rotatable bonds is 1. The van der Waals surface area contributed by atoms with Crippen LogP contribution < -0.4 is 0 Å². The van der Waals surface area contributed by atoms with E-state index in [2.05, 4.69) is 91.0 Å². The smallest absolute Gasteiger partial charge is 0.129 e. The summed E-state index contributed by atoms with van der Waals surface area (Å²) in [7, 11) is 0. The van der Waals surface area contributed by atoms with Gasteiger partial charge >= 0.3 is 0 Å². The molecule has 0 saturated carbocycles. The fraction of sp³-hybridized carbons (Fsp3) is 0.100. The molecule has 0 fully saturated rings. The van der Waals surface area contributed by atoms with Gasteiger partial charge in [-0.3, -0.25) is 0 Å². The van der Waals surface area contributed by atoms with Crippen LogP contribution in [0.4, 0.5) is 0 Å². The first-order valence-electron chi connectivity index (χ1n) is 14.5. The highest BCUT2D eigenvalue weighted by Crippen LogP contribution is 2.41. The second-order valence-corrected chi connectivity index (χ2v) is 11.4. The average molecular weight is 561 g/mol. The van der Waals surface area contributed by atoms with Crippen molar-refractivity contribution in [3.63, 3.8) is 0 Å². The van der Waals surface area contributed by atoms with E-state index in [1.165, 1.54) is 26.9 Å². The van der Waals surface area contributed by atoms with Crippen LogP contribution in [0.3, 0.4) is 0 Å². The van der Waals surface area contributed by atoms with E-state index in [-0.39, 0.29) is 11.1 Å². The number of benzene rings is 6. The van der Waals surface area contributed by atoms with Crippen LogP contribution in [0.5, 0.6) is 0 Å². The molecule has 0 amide bonds. The molecule has 4 aliphatic carbocycles. The summed E-state index contributed by atoms with van der Waals surface area (Å²) < 4.78 is 0. The normalized spacial score (nSPS) is 12.9. The predicted molar refractivity (Wildman–Crippen MR) is 173 cm³/mol. The monoisotopic (exact) mass is 560 g/mol. The molecule has 0 aliphatic heterocycles. The van der Waals surface area contributed by atoms with Crippen molar-refractivity contribution in [2.45, 2.75) is 25.7 Å². The van der Waals surface area contributed by atoms with E-state index in [1.807, 2.05) is 30.3 Å². The summed E-state index contributed by atoms with van der Waals surface area (Å²) in [5.74, 6) is 0. The highest BCUT2D eigenvalue weighted by Gasteiger charge is 2.19. The molecule has 0 heterocycles. The molecule has 204 valence electrons. The minimum absolute atomic E-state index is 0.143. The quantitative estimate of drug-likeness (QED) is 0.148. The van der Waals surface area contributed by atoms with Crippen molar-refractivity contribution in [3.8, 4) is 35.4 Å². The second kappa shape index (κ2) is 10.9. The maximum atomic E-state index is 9.91. The van der Waals surface area contributed by atoms with Crippen LogP contribution in [-0.2, 0) is 25.7 Å². The molecule has 4 aliphatic rings. The zero-order valence-corrected chi connectivity index (χ0v) is 23.9. The number of hydrogen-bond acceptors (Lipinski definition) is 4. The molecule has 10 rings (SSSR count). The summed E-state index contributed by atoms with van der Waals surface area (Å²) in [5.41, 5.74) is 7.95. The summed E-state index contributed by atoms with van der Waals surface area (Å²) in [4.78, 5) is 0. The molecule has 44 heavy (non-hydrogen) atoms. The summed E-state index contributed by atoms with van der Waals surface area (Å²) in [6.45, 7) is 0. The molecule has 0 radical (unpaired) electrons. The molecule has 0 saturated heterocycles. The van der Waals surface area contributed by atoms with Gasteiger partial charge in [0.05, 0.1) is 0 Å². The Bertz CT molecular complexity index is 2310. The Morgan fingerprint density at radius 2 is 0.955 bits per heavy atom. The van der Waals surface area contributed by atoms with Gasteiger partial charge in [-0.05, 0) is 103 Å². The lowest BCUT2D eigenvalue weighted by molar-refractivity contribution is 0.991. The standard InChI is InChI=1S/C40H24N4/c41-21-34(22-42)32-16-25-4-6-26(7-5-25)17-33(35(23-43)24-44)20-31-9-8-27(18-32)19-38(31)36-14-12-30-11-10-28-2-1-3-29-13-15-37(36)40(30)39(28)29/h1-15,19H,16-18,20H2. The molecule has 4 bridgehead atoms. The van der Waals surface area contributed by atoms with E-state index in [1.54, 1.807) is 0 Å². The Hall–Kier alpha value is -6.20. The van der Waals surface area contributed by atoms with Crippen molar-refractivity contribution < 1.29 is 0 Å². The molecule has 6 aromatic carbocycles. The maximum Gasteiger partial charge on any atom is 0.129 e. The third-order valence-electron chi connectivity index (χ3n) is 8.83. The number of hydrogen-bond donors (Lipinski definition) is 0. The largest absolute Gasteiger partial charge is 0.192 e. The van der Waals surface area contributed by atoms with E-state index in [9.17, 15) is 21.0 Å². The van der Waals surface area contributed by atoms with Crippen LogP contribution in [0.2, 0.25) is 0 Å². The van der Waals surface area contributed by atoms with Crippen molar-refractivity contribution in [1.82, 2.24) is 0 Å². The highest BCUT2D eigenvalue weighted by atomic mass is 14.3. The third-order valence-corrected chi connectivity index (χ3v) is 8.83. The Morgan fingerprint density at radius 1 is 0.455 bits per heavy atom. The zero-order chi connectivity index (χ0) is 30.2. The van der Waals surface area contributed by atoms with Crippen LogP contribution in [0.1, 0.15) is 22.3 Å². The lowest BCUT2D eigenvalue weighted by Crippen LogP contribution is -2.05. The Kier molecular flexibility index (Phi) is 6.61. The Morgan fingerprint density at radius 3 is 1.57 bits per heavy atom. The SMILES string of the molecule is N#CC(C#N)=C1Cc2ccc(cc2)CC(=C(C#N)C#N)Cc2ccc(cc2-c2ccc3ccc4cccc5ccc2c3c45)C1. The van der Waals surface area contributed by atoms with Gasteiger partial charge in [0.25, 0.3) is 0 Å². The molecule has 0 spiro atoms. The maximum absolute atomic E-state index is 9.91. The van der Waals surface area contributed by atoms with E-state index in [0.717, 1.165) is 49.9 Å². The number of nitriles is 4. The molecular formula is C40H24N4. The van der Waals surface area contributed by atoms with E-state index >= 15 is 0 Å². The van der Waals surface area contributed by atoms with Crippen molar-refractivity contribution in [2.24, 2.45) is 0 Å². The molecule has 0 unspecified atom stereocenters. The topological polar surface area (TPSA) is 95.2 Å². The van der Waals surface area contributed by atoms with Gasteiger partial charge in [0, 0.05) is 0 Å². The molecule has 4 heteroatoms. The minimum atomic E-state index is 0.143. The zero-order valence-electron chi connectivity index (χ0n) is 23.9. The van der Waals surface area contributed by atoms with Crippen molar-refractivity contribution in [1.29, 1.82) is 21.0 Å². The van der Waals surface area contributed by atoms with Crippen LogP contribution in [-0.4, -0.2) is 0 Å². The van der Waals surface area contributed by atoms with Gasteiger partial charge in [-0.2, -0.15) is 21.0 Å². The first-order valence-corrected chi connectivity index (χ1v) is 14.5. The van der Waals surface area contributed by atoms with Crippen molar-refractivity contribution in [3.05, 3.63) is 142 Å². The van der Waals surface area contributed by atoms with Crippen LogP contribution >= 0.6 is 0 Å². The van der Waals surface area contributed by atoms with Crippen LogP contribution in [0, 0.1) is 45.3 Å². The van der Waals surface area contributed by atoms with E-state index < -0.39 is 0 Å². The first-order chi connectivity index (χ1) is 21.6. The molecule has 0 aromatic heterocycles. The van der Waals surface area contributed by atoms with Gasteiger partial charge < -0.3 is 0 Å². The Balaban J connectivity index is 1.51.